The van der Waals surface area contributed by atoms with Crippen LogP contribution in [0.2, 0.25) is 0 Å². The third kappa shape index (κ3) is 11.5. The van der Waals surface area contributed by atoms with Crippen molar-refractivity contribution in [2.45, 2.75) is 121 Å². The van der Waals surface area contributed by atoms with E-state index in [1.54, 1.807) is 28.4 Å². The van der Waals surface area contributed by atoms with E-state index in [1.165, 1.54) is 0 Å². The number of phenolic OH excluding ortho intramolecular Hbond substituents is 1. The number of para-hydroxylation sites is 1. The van der Waals surface area contributed by atoms with Gasteiger partial charge >= 0.3 is 0 Å². The number of nitrogens with one attached hydrogen (secondary N) is 1. The Morgan fingerprint density at radius 1 is 0.855 bits per heavy atom. The molecule has 2 unspecified atom stereocenters. The van der Waals surface area contributed by atoms with Crippen molar-refractivity contribution in [1.29, 1.82) is 0 Å². The molecule has 1 saturated carbocycles. The Morgan fingerprint density at radius 2 is 1.61 bits per heavy atom. The van der Waals surface area contributed by atoms with Crippen LogP contribution in [0, 0.1) is 24.7 Å². The molecule has 1 spiro atoms. The van der Waals surface area contributed by atoms with Gasteiger partial charge in [-0.15, -0.1) is 21.5 Å². The number of pyridine rings is 1. The number of fused-ring (bicyclic) bond motifs is 2. The quantitative estimate of drug-likeness (QED) is 0.0787. The van der Waals surface area contributed by atoms with Crippen molar-refractivity contribution in [3.05, 3.63) is 102 Å². The Morgan fingerprint density at radius 3 is 2.36 bits per heavy atom. The first-order valence-electron chi connectivity index (χ1n) is 30.3. The molecule has 10 heterocycles. The van der Waals surface area contributed by atoms with Crippen molar-refractivity contribution in [2.24, 2.45) is 17.8 Å². The first-order valence-corrected chi connectivity index (χ1v) is 31.2. The van der Waals surface area contributed by atoms with E-state index in [4.69, 9.17) is 19.7 Å². The van der Waals surface area contributed by atoms with E-state index in [9.17, 15) is 14.7 Å². The summed E-state index contributed by atoms with van der Waals surface area (Å²) in [5.74, 6) is 3.05. The molecular weight excluding hydrogens is 1070 g/mol. The highest BCUT2D eigenvalue weighted by Gasteiger charge is 2.49. The molecule has 6 aromatic rings. The minimum atomic E-state index is -0.533. The summed E-state index contributed by atoms with van der Waals surface area (Å²) in [5, 5.41) is 26.8. The lowest BCUT2D eigenvalue weighted by molar-refractivity contribution is -0.189. The monoisotopic (exact) mass is 1150 g/mol. The molecule has 4 N–H and O–H groups in total. The molecule has 5 atom stereocenters. The molecule has 20 heteroatoms. The number of phenols is 1. The molecule has 19 nitrogen and oxygen atoms in total. The molecule has 6 aliphatic heterocycles. The molecule has 1 aliphatic carbocycles. The molecular formula is C63H79N13O6S. The number of ether oxygens (including phenoxy) is 2. The van der Waals surface area contributed by atoms with Crippen LogP contribution in [-0.2, 0) is 14.3 Å². The number of thiazole rings is 1. The molecule has 13 rings (SSSR count). The number of aromatic hydroxyl groups is 1. The summed E-state index contributed by atoms with van der Waals surface area (Å²) in [6.45, 7) is 18.9. The second-order valence-electron chi connectivity index (χ2n) is 25.1. The molecule has 438 valence electrons. The number of nitrogens with zero attached hydrogens (tertiary/aromatic N) is 11. The summed E-state index contributed by atoms with van der Waals surface area (Å²) in [6.07, 6.45) is 9.85. The molecule has 2 aromatic carbocycles. The number of morpholine rings is 1. The van der Waals surface area contributed by atoms with Gasteiger partial charge in [-0.05, 0) is 118 Å². The number of nitrogen functional groups attached to an aromatic ring is 1. The first kappa shape index (κ1) is 55.3. The maximum Gasteiger partial charge on any atom is 0.243 e. The number of hydrogen-bond acceptors (Lipinski definition) is 18. The van der Waals surface area contributed by atoms with Crippen molar-refractivity contribution < 1.29 is 28.7 Å². The smallest absolute Gasteiger partial charge is 0.243 e. The highest BCUT2D eigenvalue weighted by molar-refractivity contribution is 7.13. The number of anilines is 4. The van der Waals surface area contributed by atoms with Gasteiger partial charge in [0.15, 0.2) is 17.4 Å². The molecule has 83 heavy (non-hydrogen) atoms. The number of piperazine rings is 1. The molecule has 2 bridgehead atoms. The largest absolute Gasteiger partial charge is 0.507 e. The van der Waals surface area contributed by atoms with Crippen molar-refractivity contribution in [1.82, 2.24) is 45.3 Å². The second-order valence-corrected chi connectivity index (χ2v) is 26.0. The Bertz CT molecular complexity index is 3250. The predicted molar refractivity (Wildman–Crippen MR) is 321 cm³/mol. The minimum absolute atomic E-state index is 0.0407. The van der Waals surface area contributed by atoms with Gasteiger partial charge in [0.1, 0.15) is 29.4 Å². The normalized spacial score (nSPS) is 24.5. The Hall–Kier alpha value is -6.87. The number of carbonyl (C=O) groups is 2. The second kappa shape index (κ2) is 23.3. The minimum Gasteiger partial charge on any atom is -0.507 e. The van der Waals surface area contributed by atoms with Gasteiger partial charge in [-0.2, -0.15) is 0 Å². The van der Waals surface area contributed by atoms with Crippen molar-refractivity contribution in [3.8, 4) is 33.3 Å². The first-order chi connectivity index (χ1) is 40.3. The molecule has 0 radical (unpaired) electrons. The fourth-order valence-corrected chi connectivity index (χ4v) is 15.4. The van der Waals surface area contributed by atoms with Crippen LogP contribution in [0.25, 0.3) is 21.7 Å². The third-order valence-electron chi connectivity index (χ3n) is 19.0. The van der Waals surface area contributed by atoms with E-state index >= 15 is 0 Å². The van der Waals surface area contributed by atoms with E-state index in [-0.39, 0.29) is 41.2 Å². The number of carbonyl (C=O) groups excluding carboxylic acids is 2. The predicted octanol–water partition coefficient (Wildman–Crippen LogP) is 8.17. The zero-order valence-electron chi connectivity index (χ0n) is 48.3. The maximum absolute atomic E-state index is 14.4. The summed E-state index contributed by atoms with van der Waals surface area (Å²) in [6, 6.07) is 23.5. The number of amides is 2. The van der Waals surface area contributed by atoms with Gasteiger partial charge in [0.2, 0.25) is 17.7 Å². The fraction of sp³-hybridized carbons (Fsp3) is 0.540. The molecule has 4 aromatic heterocycles. The molecule has 7 fully saturated rings. The molecule has 6 saturated heterocycles. The highest BCUT2D eigenvalue weighted by Crippen LogP contribution is 2.42. The SMILES string of the molecule is Cc1ncsc1-c1ccc([C@H](C)NC(=O)[C@@H]2CCCN2C(=O)[C@@H](c2cc(N3CCC(CN4CC5(CN(CC6CC(Oc7cc(N8C9CCC8CN(c8cc(-c%10ccccc%10O)nnc8N)C9)ccn7)C6)CCO5)C4)CC3)no2)C(C)C)cc1. The van der Waals surface area contributed by atoms with Crippen molar-refractivity contribution >= 4 is 46.2 Å². The van der Waals surface area contributed by atoms with E-state index in [0.717, 1.165) is 156 Å². The van der Waals surface area contributed by atoms with Crippen LogP contribution >= 0.6 is 11.3 Å². The van der Waals surface area contributed by atoms with Gasteiger partial charge in [0.25, 0.3) is 0 Å². The van der Waals surface area contributed by atoms with E-state index in [2.05, 4.69) is 91.5 Å². The number of aromatic nitrogens is 5. The Balaban J connectivity index is 0.536. The third-order valence-corrected chi connectivity index (χ3v) is 20.0. The van der Waals surface area contributed by atoms with Gasteiger partial charge in [-0.25, -0.2) is 9.97 Å². The summed E-state index contributed by atoms with van der Waals surface area (Å²) in [4.78, 5) is 52.6. The Kier molecular flexibility index (Phi) is 15.5. The zero-order chi connectivity index (χ0) is 56.9. The standard InChI is InChI=1S/C63H79N13O6S/c1-39(2)58(62(79)75-21-7-9-52(75)61(78)67-40(3)44-11-13-45(14-12-44)59-41(4)66-38-83-59)55-30-56(70-82-55)73-22-18-42(19-23-73)31-72-36-63(37-72)35-71(24-25-80-63)32-43-26-49(27-43)81-57-28-46(17-20-65-57)76-47-15-16-48(76)34-74(33-47)53-29-51(68-69-60(53)64)50-8-5-6-10-54(50)77/h5-6,8,10-14,17,20,28-30,38-40,42-43,47-49,52,58,77H,7,9,15-16,18-19,21-27,31-37H2,1-4H3,(H2,64,69)(H,67,78)/t40-,43?,47?,48?,49?,52-,58+/m0/s1. The number of aryl methyl sites for hydroxylation is 1. The van der Waals surface area contributed by atoms with Gasteiger partial charge in [0.05, 0.1) is 40.1 Å². The van der Waals surface area contributed by atoms with Gasteiger partial charge in [-0.3, -0.25) is 19.4 Å². The van der Waals surface area contributed by atoms with Crippen molar-refractivity contribution in [2.75, 3.05) is 99.0 Å². The Labute approximate surface area is 490 Å². The van der Waals surface area contributed by atoms with Gasteiger partial charge in [0, 0.05) is 114 Å². The zero-order valence-corrected chi connectivity index (χ0v) is 49.1. The van der Waals surface area contributed by atoms with E-state index in [1.807, 2.05) is 63.7 Å². The number of hydrogen-bond donors (Lipinski definition) is 3. The number of piperidine rings is 1. The van der Waals surface area contributed by atoms with Crippen LogP contribution in [0.1, 0.15) is 101 Å². The van der Waals surface area contributed by atoms with Crippen molar-refractivity contribution in [3.63, 3.8) is 0 Å². The maximum atomic E-state index is 14.4. The lowest BCUT2D eigenvalue weighted by atomic mass is 9.81. The van der Waals surface area contributed by atoms with Crippen LogP contribution in [0.5, 0.6) is 11.6 Å². The topological polar surface area (TPSA) is 208 Å². The van der Waals surface area contributed by atoms with Crippen LogP contribution < -0.4 is 30.5 Å². The van der Waals surface area contributed by atoms with Gasteiger partial charge < -0.3 is 49.8 Å². The van der Waals surface area contributed by atoms with E-state index in [0.29, 0.717) is 65.6 Å². The van der Waals surface area contributed by atoms with Crippen LogP contribution in [0.3, 0.4) is 0 Å². The van der Waals surface area contributed by atoms with Crippen LogP contribution in [0.15, 0.2) is 89.0 Å². The van der Waals surface area contributed by atoms with Crippen LogP contribution in [0.4, 0.5) is 23.0 Å². The number of nitrogens with two attached hydrogens (primary N) is 1. The average Bonchev–Trinajstić information content (AvgIpc) is 4.49. The average molecular weight is 1150 g/mol. The van der Waals surface area contributed by atoms with Crippen LogP contribution in [-0.4, -0.2) is 165 Å². The fourth-order valence-electron chi connectivity index (χ4n) is 14.6. The molecule has 2 amide bonds. The lowest BCUT2D eigenvalue weighted by Crippen LogP contribution is -2.70. The number of likely N-dealkylation sites (tertiary alicyclic amines) is 2. The highest BCUT2D eigenvalue weighted by atomic mass is 32.1. The summed E-state index contributed by atoms with van der Waals surface area (Å²) < 4.78 is 19.1. The number of benzene rings is 2. The lowest BCUT2D eigenvalue weighted by Gasteiger charge is -2.55. The van der Waals surface area contributed by atoms with Gasteiger partial charge in [-0.1, -0.05) is 55.4 Å². The molecule has 7 aliphatic rings. The summed E-state index contributed by atoms with van der Waals surface area (Å²) in [7, 11) is 0. The summed E-state index contributed by atoms with van der Waals surface area (Å²) in [5.41, 5.74) is 14.6. The van der Waals surface area contributed by atoms with E-state index < -0.39 is 12.0 Å². The summed E-state index contributed by atoms with van der Waals surface area (Å²) >= 11 is 1.62. The number of rotatable bonds is 17.